The van der Waals surface area contributed by atoms with Crippen LogP contribution in [-0.2, 0) is 4.79 Å². The van der Waals surface area contributed by atoms with E-state index in [1.165, 1.54) is 7.11 Å². The number of hydrogen-bond acceptors (Lipinski definition) is 4. The maximum Gasteiger partial charge on any atom is 0.256 e. The third-order valence-electron chi connectivity index (χ3n) is 3.12. The summed E-state index contributed by atoms with van der Waals surface area (Å²) < 4.78 is 4.90. The number of amides is 1. The van der Waals surface area contributed by atoms with Crippen molar-refractivity contribution in [3.05, 3.63) is 29.8 Å². The lowest BCUT2D eigenvalue weighted by atomic mass is 10.2. The average Bonchev–Trinajstić information content (AvgIpc) is 2.91. The number of ether oxygens (including phenoxy) is 1. The lowest BCUT2D eigenvalue weighted by molar-refractivity contribution is -0.127. The van der Waals surface area contributed by atoms with Gasteiger partial charge in [0.1, 0.15) is 5.75 Å². The first-order valence-electron chi connectivity index (χ1n) is 6.90. The molecule has 0 radical (unpaired) electrons. The fraction of sp³-hybridized carbons (Fsp3) is 0.467. The summed E-state index contributed by atoms with van der Waals surface area (Å²) in [6.45, 7) is 2.48. The zero-order chi connectivity index (χ0) is 15.7. The third kappa shape index (κ3) is 5.73. The molecular weight excluding hydrogens is 292 g/mol. The van der Waals surface area contributed by atoms with Crippen molar-refractivity contribution in [1.82, 2.24) is 4.90 Å². The van der Waals surface area contributed by atoms with Crippen LogP contribution >= 0.6 is 11.6 Å². The lowest BCUT2D eigenvalue weighted by Gasteiger charge is -2.13. The van der Waals surface area contributed by atoms with Gasteiger partial charge in [-0.05, 0) is 43.1 Å². The van der Waals surface area contributed by atoms with Gasteiger partial charge in [0.05, 0.1) is 12.7 Å². The molecule has 0 atom stereocenters. The van der Waals surface area contributed by atoms with Crippen molar-refractivity contribution in [3.8, 4) is 5.75 Å². The molecule has 0 aliphatic carbocycles. The number of carbonyl (C=O) groups is 2. The Balaban J connectivity index is 0.000000211. The molecule has 2 N–H and O–H groups in total. The molecule has 1 aliphatic heterocycles. The van der Waals surface area contributed by atoms with E-state index in [4.69, 9.17) is 22.1 Å². The zero-order valence-electron chi connectivity index (χ0n) is 12.2. The van der Waals surface area contributed by atoms with Crippen LogP contribution in [0.15, 0.2) is 24.3 Å². The van der Waals surface area contributed by atoms with Gasteiger partial charge < -0.3 is 15.4 Å². The Bertz CT molecular complexity index is 480. The SMILES string of the molecule is COc1ccccc1C(=O)Cl.NCCCN1CCCC1=O. The Morgan fingerprint density at radius 2 is 2.14 bits per heavy atom. The first kappa shape index (κ1) is 17.5. The van der Waals surface area contributed by atoms with E-state index in [2.05, 4.69) is 0 Å². The molecule has 21 heavy (non-hydrogen) atoms. The monoisotopic (exact) mass is 312 g/mol. The van der Waals surface area contributed by atoms with Crippen molar-refractivity contribution in [2.24, 2.45) is 5.73 Å². The van der Waals surface area contributed by atoms with E-state index in [1.54, 1.807) is 24.3 Å². The van der Waals surface area contributed by atoms with Crippen molar-refractivity contribution in [2.45, 2.75) is 19.3 Å². The second-order valence-corrected chi connectivity index (χ2v) is 4.94. The van der Waals surface area contributed by atoms with Gasteiger partial charge >= 0.3 is 0 Å². The van der Waals surface area contributed by atoms with E-state index in [9.17, 15) is 9.59 Å². The summed E-state index contributed by atoms with van der Waals surface area (Å²) >= 11 is 5.27. The highest BCUT2D eigenvalue weighted by Gasteiger charge is 2.18. The van der Waals surface area contributed by atoms with Gasteiger partial charge in [0, 0.05) is 19.5 Å². The standard InChI is InChI=1S/C8H7ClO2.C7H14N2O/c1-11-7-5-3-2-4-6(7)8(9)10;8-4-2-6-9-5-1-3-7(9)10/h2-5H,1H3;1-6,8H2. The number of rotatable bonds is 5. The molecule has 0 spiro atoms. The Morgan fingerprint density at radius 1 is 1.43 bits per heavy atom. The lowest BCUT2D eigenvalue weighted by Crippen LogP contribution is -2.27. The molecule has 0 unspecified atom stereocenters. The molecule has 116 valence electrons. The first-order chi connectivity index (χ1) is 10.1. The van der Waals surface area contributed by atoms with E-state index in [0.717, 1.165) is 32.4 Å². The van der Waals surface area contributed by atoms with Crippen LogP contribution in [-0.4, -0.2) is 42.8 Å². The molecule has 0 bridgehead atoms. The van der Waals surface area contributed by atoms with Crippen LogP contribution in [0.2, 0.25) is 0 Å². The van der Waals surface area contributed by atoms with Crippen molar-refractivity contribution in [3.63, 3.8) is 0 Å². The predicted octanol–water partition coefficient (Wildman–Crippen LogP) is 2.03. The Kier molecular flexibility index (Phi) is 7.79. The van der Waals surface area contributed by atoms with Crippen LogP contribution < -0.4 is 10.5 Å². The van der Waals surface area contributed by atoms with Crippen LogP contribution in [0.4, 0.5) is 0 Å². The van der Waals surface area contributed by atoms with E-state index in [1.807, 2.05) is 4.90 Å². The van der Waals surface area contributed by atoms with Crippen LogP contribution in [0, 0.1) is 0 Å². The molecule has 1 aromatic carbocycles. The molecule has 6 heteroatoms. The summed E-state index contributed by atoms with van der Waals surface area (Å²) in [5.41, 5.74) is 5.71. The van der Waals surface area contributed by atoms with Gasteiger partial charge in [0.2, 0.25) is 5.91 Å². The maximum absolute atomic E-state index is 11.0. The fourth-order valence-electron chi connectivity index (χ4n) is 2.03. The molecule has 1 aliphatic rings. The second kappa shape index (κ2) is 9.37. The van der Waals surface area contributed by atoms with E-state index in [-0.39, 0.29) is 0 Å². The number of methoxy groups -OCH3 is 1. The van der Waals surface area contributed by atoms with Gasteiger partial charge in [-0.3, -0.25) is 9.59 Å². The van der Waals surface area contributed by atoms with Gasteiger partial charge in [0.15, 0.2) is 0 Å². The van der Waals surface area contributed by atoms with Gasteiger partial charge in [0.25, 0.3) is 5.24 Å². The molecule has 2 rings (SSSR count). The van der Waals surface area contributed by atoms with Gasteiger partial charge in [-0.25, -0.2) is 0 Å². The quantitative estimate of drug-likeness (QED) is 0.844. The number of carbonyl (C=O) groups excluding carboxylic acids is 2. The van der Waals surface area contributed by atoms with Gasteiger partial charge in [-0.2, -0.15) is 0 Å². The topological polar surface area (TPSA) is 72.6 Å². The summed E-state index contributed by atoms with van der Waals surface area (Å²) in [6.07, 6.45) is 2.71. The molecule has 1 amide bonds. The molecule has 0 aromatic heterocycles. The van der Waals surface area contributed by atoms with Gasteiger partial charge in [-0.1, -0.05) is 12.1 Å². The summed E-state index contributed by atoms with van der Waals surface area (Å²) in [5, 5.41) is -0.498. The van der Waals surface area contributed by atoms with Crippen LogP contribution in [0.3, 0.4) is 0 Å². The summed E-state index contributed by atoms with van der Waals surface area (Å²) in [7, 11) is 1.50. The number of nitrogens with zero attached hydrogens (tertiary/aromatic N) is 1. The first-order valence-corrected chi connectivity index (χ1v) is 7.28. The minimum Gasteiger partial charge on any atom is -0.496 e. The smallest absolute Gasteiger partial charge is 0.256 e. The number of halogens is 1. The molecular formula is C15H21ClN2O3. The minimum atomic E-state index is -0.498. The minimum absolute atomic E-state index is 0.299. The molecule has 0 saturated carbocycles. The number of para-hydroxylation sites is 1. The van der Waals surface area contributed by atoms with E-state index >= 15 is 0 Å². The zero-order valence-corrected chi connectivity index (χ0v) is 12.9. The van der Waals surface area contributed by atoms with Crippen molar-refractivity contribution < 1.29 is 14.3 Å². The molecule has 1 fully saturated rings. The summed E-state index contributed by atoms with van der Waals surface area (Å²) in [4.78, 5) is 23.6. The predicted molar refractivity (Wildman–Crippen MR) is 82.7 cm³/mol. The Hall–Kier alpha value is -1.59. The third-order valence-corrected chi connectivity index (χ3v) is 3.33. The van der Waals surface area contributed by atoms with Gasteiger partial charge in [-0.15, -0.1) is 0 Å². The molecule has 5 nitrogen and oxygen atoms in total. The fourth-order valence-corrected chi connectivity index (χ4v) is 2.19. The average molecular weight is 313 g/mol. The second-order valence-electron chi connectivity index (χ2n) is 4.60. The highest BCUT2D eigenvalue weighted by Crippen LogP contribution is 2.18. The molecule has 1 saturated heterocycles. The Morgan fingerprint density at radius 3 is 2.62 bits per heavy atom. The van der Waals surface area contributed by atoms with Crippen molar-refractivity contribution in [2.75, 3.05) is 26.7 Å². The number of benzene rings is 1. The normalized spacial score (nSPS) is 13.7. The summed E-state index contributed by atoms with van der Waals surface area (Å²) in [6, 6.07) is 6.82. The van der Waals surface area contributed by atoms with E-state index in [0.29, 0.717) is 23.8 Å². The van der Waals surface area contributed by atoms with Crippen molar-refractivity contribution >= 4 is 22.8 Å². The van der Waals surface area contributed by atoms with Crippen LogP contribution in [0.5, 0.6) is 5.75 Å². The molecule has 1 heterocycles. The maximum atomic E-state index is 11.0. The Labute approximate surface area is 130 Å². The molecule has 1 aromatic rings. The van der Waals surface area contributed by atoms with Crippen LogP contribution in [0.25, 0.3) is 0 Å². The number of nitrogens with two attached hydrogens (primary N) is 1. The van der Waals surface area contributed by atoms with Crippen LogP contribution in [0.1, 0.15) is 29.6 Å². The van der Waals surface area contributed by atoms with E-state index < -0.39 is 5.24 Å². The number of likely N-dealkylation sites (tertiary alicyclic amines) is 1. The highest BCUT2D eigenvalue weighted by atomic mass is 35.5. The van der Waals surface area contributed by atoms with Crippen molar-refractivity contribution in [1.29, 1.82) is 0 Å². The summed E-state index contributed by atoms with van der Waals surface area (Å²) in [5.74, 6) is 0.806. The highest BCUT2D eigenvalue weighted by molar-refractivity contribution is 6.68. The number of hydrogen-bond donors (Lipinski definition) is 1. The largest absolute Gasteiger partial charge is 0.496 e.